The Bertz CT molecular complexity index is 1230. The predicted octanol–water partition coefficient (Wildman–Crippen LogP) is 7.19. The van der Waals surface area contributed by atoms with Crippen LogP contribution < -0.4 is 9.47 Å². The number of methoxy groups -OCH3 is 1. The molecule has 0 atom stereocenters. The molecule has 1 aromatic heterocycles. The summed E-state index contributed by atoms with van der Waals surface area (Å²) < 4.78 is 18.5. The van der Waals surface area contributed by atoms with Crippen molar-refractivity contribution in [3.63, 3.8) is 0 Å². The third-order valence-corrected chi connectivity index (χ3v) is 7.80. The molecule has 0 spiro atoms. The summed E-state index contributed by atoms with van der Waals surface area (Å²) in [6.07, 6.45) is 2.60. The van der Waals surface area contributed by atoms with E-state index in [0.717, 1.165) is 55.8 Å². The molecule has 0 radical (unpaired) electrons. The maximum atomic E-state index is 9.97. The molecule has 1 fully saturated rings. The van der Waals surface area contributed by atoms with Gasteiger partial charge in [-0.05, 0) is 98.2 Å². The van der Waals surface area contributed by atoms with E-state index in [2.05, 4.69) is 4.90 Å². The molecule has 0 bridgehead atoms. The first-order valence-electron chi connectivity index (χ1n) is 11.4. The third-order valence-electron chi connectivity index (χ3n) is 5.87. The summed E-state index contributed by atoms with van der Waals surface area (Å²) >= 11 is 3.01. The van der Waals surface area contributed by atoms with E-state index in [1.165, 1.54) is 38.0 Å². The van der Waals surface area contributed by atoms with E-state index in [4.69, 9.17) is 13.7 Å². The van der Waals surface area contributed by atoms with Crippen molar-refractivity contribution in [3.8, 4) is 33.4 Å². The average molecular weight is 494 g/mol. The third kappa shape index (κ3) is 5.33. The van der Waals surface area contributed by atoms with Crippen molar-refractivity contribution < 1.29 is 18.8 Å². The van der Waals surface area contributed by atoms with Crippen LogP contribution >= 0.6 is 23.4 Å². The molecule has 0 unspecified atom stereocenters. The van der Waals surface area contributed by atoms with Crippen LogP contribution in [0.2, 0.25) is 0 Å². The number of phenols is 1. The van der Waals surface area contributed by atoms with Crippen LogP contribution in [-0.4, -0.2) is 43.4 Å². The first kappa shape index (κ1) is 23.1. The maximum Gasteiger partial charge on any atom is 0.153 e. The van der Waals surface area contributed by atoms with Crippen LogP contribution in [0.5, 0.6) is 23.0 Å². The number of aromatic hydroxyl groups is 1. The molecule has 5 nitrogen and oxygen atoms in total. The van der Waals surface area contributed by atoms with Crippen LogP contribution in [0, 0.1) is 0 Å². The number of hydrogen-bond donors (Lipinski definition) is 1. The van der Waals surface area contributed by atoms with Gasteiger partial charge in [0.1, 0.15) is 17.2 Å². The zero-order valence-corrected chi connectivity index (χ0v) is 20.7. The lowest BCUT2D eigenvalue weighted by molar-refractivity contribution is 0.261. The van der Waals surface area contributed by atoms with Gasteiger partial charge in [0.15, 0.2) is 5.75 Å². The van der Waals surface area contributed by atoms with Crippen LogP contribution in [0.25, 0.3) is 20.5 Å². The van der Waals surface area contributed by atoms with Gasteiger partial charge in [-0.3, -0.25) is 0 Å². The highest BCUT2D eigenvalue weighted by Gasteiger charge is 2.17. The van der Waals surface area contributed by atoms with Gasteiger partial charge in [-0.25, -0.2) is 0 Å². The maximum absolute atomic E-state index is 9.97. The summed E-state index contributed by atoms with van der Waals surface area (Å²) in [5.74, 6) is 2.59. The number of likely N-dealkylation sites (tertiary alicyclic amines) is 1. The topological polar surface area (TPSA) is 51.2 Å². The highest BCUT2D eigenvalue weighted by atomic mass is 32.2. The summed E-state index contributed by atoms with van der Waals surface area (Å²) in [7, 11) is 1.66. The van der Waals surface area contributed by atoms with Crippen LogP contribution in [0.4, 0.5) is 0 Å². The van der Waals surface area contributed by atoms with E-state index in [9.17, 15) is 5.11 Å². The smallest absolute Gasteiger partial charge is 0.153 e. The number of benzene rings is 3. The van der Waals surface area contributed by atoms with Gasteiger partial charge in [0.2, 0.25) is 0 Å². The predicted molar refractivity (Wildman–Crippen MR) is 139 cm³/mol. The molecular formula is C27H27NO4S2. The lowest BCUT2D eigenvalue weighted by Gasteiger charge is -2.13. The fourth-order valence-electron chi connectivity index (χ4n) is 4.06. The minimum absolute atomic E-state index is 0.243. The average Bonchev–Trinajstić information content (AvgIpc) is 3.51. The molecule has 4 aromatic rings. The second-order valence-electron chi connectivity index (χ2n) is 8.20. The molecule has 176 valence electrons. The Hall–Kier alpha value is -2.71. The van der Waals surface area contributed by atoms with Crippen LogP contribution in [0.15, 0.2) is 71.6 Å². The number of nitrogens with zero attached hydrogens (tertiary/aromatic N) is 1. The van der Waals surface area contributed by atoms with Crippen molar-refractivity contribution in [1.82, 2.24) is 4.90 Å². The van der Waals surface area contributed by atoms with E-state index < -0.39 is 0 Å². The summed E-state index contributed by atoms with van der Waals surface area (Å²) in [5.41, 5.74) is 1.04. The van der Waals surface area contributed by atoms with Crippen molar-refractivity contribution in [2.24, 2.45) is 0 Å². The molecule has 0 amide bonds. The molecule has 1 N–H and O–H groups in total. The van der Waals surface area contributed by atoms with Crippen molar-refractivity contribution in [2.45, 2.75) is 17.7 Å². The molecule has 3 aromatic carbocycles. The van der Waals surface area contributed by atoms with Crippen LogP contribution in [-0.2, 0) is 4.18 Å². The molecule has 2 heterocycles. The quantitative estimate of drug-likeness (QED) is 0.197. The molecule has 34 heavy (non-hydrogen) atoms. The first-order valence-corrected chi connectivity index (χ1v) is 12.9. The molecular weight excluding hydrogens is 466 g/mol. The second kappa shape index (κ2) is 10.7. The van der Waals surface area contributed by atoms with Crippen LogP contribution in [0.1, 0.15) is 12.8 Å². The fraction of sp³-hybridized carbons (Fsp3) is 0.259. The van der Waals surface area contributed by atoms with Crippen molar-refractivity contribution in [2.75, 3.05) is 33.4 Å². The number of fused-ring (bicyclic) bond motifs is 1. The highest BCUT2D eigenvalue weighted by molar-refractivity contribution is 7.94. The second-order valence-corrected chi connectivity index (χ2v) is 10.1. The summed E-state index contributed by atoms with van der Waals surface area (Å²) in [5, 5.41) is 10.9. The zero-order valence-electron chi connectivity index (χ0n) is 19.0. The van der Waals surface area contributed by atoms with Gasteiger partial charge in [-0.1, -0.05) is 0 Å². The van der Waals surface area contributed by atoms with Gasteiger partial charge in [-0.15, -0.1) is 11.3 Å². The van der Waals surface area contributed by atoms with Gasteiger partial charge in [0.25, 0.3) is 0 Å². The molecule has 7 heteroatoms. The normalized spacial score (nSPS) is 14.0. The molecule has 1 saturated heterocycles. The summed E-state index contributed by atoms with van der Waals surface area (Å²) in [6.45, 7) is 4.09. The Morgan fingerprint density at radius 2 is 1.68 bits per heavy atom. The van der Waals surface area contributed by atoms with Gasteiger partial charge < -0.3 is 23.7 Å². The van der Waals surface area contributed by atoms with E-state index in [0.29, 0.717) is 0 Å². The van der Waals surface area contributed by atoms with Gasteiger partial charge in [0.05, 0.1) is 18.6 Å². The number of phenolic OH excluding ortho intramolecular Hbond substituents is 1. The van der Waals surface area contributed by atoms with E-state index in [1.54, 1.807) is 30.6 Å². The summed E-state index contributed by atoms with van der Waals surface area (Å²) in [4.78, 5) is 4.50. The number of rotatable bonds is 9. The monoisotopic (exact) mass is 493 g/mol. The van der Waals surface area contributed by atoms with E-state index in [1.807, 2.05) is 54.6 Å². The Morgan fingerprint density at radius 1 is 0.941 bits per heavy atom. The Morgan fingerprint density at radius 3 is 2.41 bits per heavy atom. The number of thiophene rings is 1. The minimum Gasteiger partial charge on any atom is -0.508 e. The Labute approximate surface area is 208 Å². The van der Waals surface area contributed by atoms with Crippen molar-refractivity contribution >= 4 is 33.5 Å². The summed E-state index contributed by atoms with van der Waals surface area (Å²) in [6, 6.07) is 21.3. The fourth-order valence-corrected chi connectivity index (χ4v) is 5.77. The molecule has 1 aliphatic rings. The lowest BCUT2D eigenvalue weighted by atomic mass is 10.1. The highest BCUT2D eigenvalue weighted by Crippen LogP contribution is 2.47. The number of ether oxygens (including phenoxy) is 2. The molecule has 0 saturated carbocycles. The van der Waals surface area contributed by atoms with Crippen molar-refractivity contribution in [1.29, 1.82) is 0 Å². The van der Waals surface area contributed by atoms with Gasteiger partial charge in [-0.2, -0.15) is 0 Å². The molecule has 5 rings (SSSR count). The van der Waals surface area contributed by atoms with Gasteiger partial charge >= 0.3 is 0 Å². The largest absolute Gasteiger partial charge is 0.508 e. The zero-order chi connectivity index (χ0) is 23.3. The number of hydrogen-bond acceptors (Lipinski definition) is 7. The SMILES string of the molecule is COc1ccc(-c2sc3cc(O)ccc3c2Oc2ccc(SOCCN3CCCC3)cc2)cc1. The first-order chi connectivity index (χ1) is 16.7. The molecule has 0 aliphatic carbocycles. The van der Waals surface area contributed by atoms with Gasteiger partial charge in [0, 0.05) is 33.6 Å². The Kier molecular flexibility index (Phi) is 7.25. The standard InChI is InChI=1S/C27H27NO4S2/c1-30-21-7-4-19(5-8-21)27-26(24-13-6-20(29)18-25(24)33-27)32-22-9-11-23(12-10-22)34-31-17-16-28-14-2-3-15-28/h4-13,18,29H,2-3,14-17H2,1H3. The Balaban J connectivity index is 1.32. The lowest BCUT2D eigenvalue weighted by Crippen LogP contribution is -2.23. The molecule has 1 aliphatic heterocycles. The minimum atomic E-state index is 0.243. The van der Waals surface area contributed by atoms with Crippen LogP contribution in [0.3, 0.4) is 0 Å². The van der Waals surface area contributed by atoms with E-state index >= 15 is 0 Å². The van der Waals surface area contributed by atoms with E-state index in [-0.39, 0.29) is 5.75 Å². The van der Waals surface area contributed by atoms with Crippen molar-refractivity contribution in [3.05, 3.63) is 66.7 Å².